The van der Waals surface area contributed by atoms with Gasteiger partial charge in [0.1, 0.15) is 5.82 Å². The summed E-state index contributed by atoms with van der Waals surface area (Å²) in [6.07, 6.45) is 15.5. The summed E-state index contributed by atoms with van der Waals surface area (Å²) < 4.78 is 2.27. The monoisotopic (exact) mass is 359 g/mol. The van der Waals surface area contributed by atoms with E-state index in [1.54, 1.807) is 0 Å². The van der Waals surface area contributed by atoms with Crippen molar-refractivity contribution in [2.45, 2.75) is 52.9 Å². The summed E-state index contributed by atoms with van der Waals surface area (Å²) in [7, 11) is 0. The molecular weight excluding hydrogens is 330 g/mol. The summed E-state index contributed by atoms with van der Waals surface area (Å²) in [6, 6.07) is 6.50. The molecule has 1 heterocycles. The Morgan fingerprint density at radius 3 is 2.30 bits per heavy atom. The van der Waals surface area contributed by atoms with E-state index in [1.807, 2.05) is 6.20 Å². The van der Waals surface area contributed by atoms with E-state index in [4.69, 9.17) is 4.98 Å². The number of benzene rings is 1. The summed E-state index contributed by atoms with van der Waals surface area (Å²) in [5, 5.41) is 9.55. The number of hydrogen-bond acceptors (Lipinski definition) is 2. The lowest BCUT2D eigenvalue weighted by atomic mass is 9.91. The average Bonchev–Trinajstić information content (AvgIpc) is 3.10. The Labute approximate surface area is 163 Å². The van der Waals surface area contributed by atoms with E-state index in [0.717, 1.165) is 30.7 Å². The molecule has 1 aromatic heterocycles. The summed E-state index contributed by atoms with van der Waals surface area (Å²) in [6.45, 7) is 8.92. The Hall–Kier alpha value is -2.60. The van der Waals surface area contributed by atoms with Gasteiger partial charge in [-0.3, -0.25) is 0 Å². The highest BCUT2D eigenvalue weighted by Crippen LogP contribution is 2.31. The SMILES string of the molecule is CC(C)Cc1cc(C#N)cc(CC(C)C)c1-n1ccnc1C1C=CC=CC1. The quantitative estimate of drug-likeness (QED) is 0.660. The Morgan fingerprint density at radius 2 is 1.78 bits per heavy atom. The molecule has 3 rings (SSSR count). The van der Waals surface area contributed by atoms with Crippen molar-refractivity contribution in [1.82, 2.24) is 9.55 Å². The molecule has 0 amide bonds. The first-order chi connectivity index (χ1) is 13.0. The first kappa shape index (κ1) is 19.2. The van der Waals surface area contributed by atoms with E-state index in [9.17, 15) is 5.26 Å². The van der Waals surface area contributed by atoms with Crippen LogP contribution in [0.5, 0.6) is 0 Å². The predicted octanol–water partition coefficient (Wildman–Crippen LogP) is 5.74. The topological polar surface area (TPSA) is 41.6 Å². The smallest absolute Gasteiger partial charge is 0.120 e. The second-order valence-electron chi connectivity index (χ2n) is 8.26. The van der Waals surface area contributed by atoms with Gasteiger partial charge in [-0.2, -0.15) is 5.26 Å². The lowest BCUT2D eigenvalue weighted by molar-refractivity contribution is 0.627. The second-order valence-corrected chi connectivity index (χ2v) is 8.26. The molecule has 0 fully saturated rings. The van der Waals surface area contributed by atoms with Crippen LogP contribution < -0.4 is 0 Å². The first-order valence-electron chi connectivity index (χ1n) is 9.92. The summed E-state index contributed by atoms with van der Waals surface area (Å²) >= 11 is 0. The number of nitriles is 1. The molecule has 0 bridgehead atoms. The zero-order valence-electron chi connectivity index (χ0n) is 16.8. The Kier molecular flexibility index (Phi) is 5.96. The number of hydrogen-bond donors (Lipinski definition) is 0. The van der Waals surface area contributed by atoms with Crippen molar-refractivity contribution in [2.24, 2.45) is 11.8 Å². The van der Waals surface area contributed by atoms with Crippen LogP contribution in [0.3, 0.4) is 0 Å². The Bertz CT molecular complexity index is 860. The Balaban J connectivity index is 2.18. The molecule has 0 spiro atoms. The normalized spacial score (nSPS) is 16.3. The van der Waals surface area contributed by atoms with Gasteiger partial charge in [0, 0.05) is 18.3 Å². The molecule has 1 atom stereocenters. The minimum Gasteiger partial charge on any atom is -0.303 e. The first-order valence-corrected chi connectivity index (χ1v) is 9.92. The molecule has 0 N–H and O–H groups in total. The van der Waals surface area contributed by atoms with Crippen molar-refractivity contribution in [3.8, 4) is 11.8 Å². The molecule has 0 saturated carbocycles. The van der Waals surface area contributed by atoms with Crippen LogP contribution in [0.4, 0.5) is 0 Å². The van der Waals surface area contributed by atoms with Crippen molar-refractivity contribution in [3.63, 3.8) is 0 Å². The fourth-order valence-corrected chi connectivity index (χ4v) is 3.88. The van der Waals surface area contributed by atoms with Gasteiger partial charge in [0.25, 0.3) is 0 Å². The van der Waals surface area contributed by atoms with Crippen molar-refractivity contribution >= 4 is 0 Å². The van der Waals surface area contributed by atoms with E-state index >= 15 is 0 Å². The lowest BCUT2D eigenvalue weighted by Gasteiger charge is -2.22. The fraction of sp³-hybridized carbons (Fsp3) is 0.417. The molecule has 140 valence electrons. The number of aromatic nitrogens is 2. The van der Waals surface area contributed by atoms with Crippen LogP contribution in [0.25, 0.3) is 5.69 Å². The van der Waals surface area contributed by atoms with Gasteiger partial charge in [0.05, 0.1) is 17.3 Å². The molecule has 0 radical (unpaired) electrons. The zero-order valence-corrected chi connectivity index (χ0v) is 16.8. The van der Waals surface area contributed by atoms with Gasteiger partial charge in [-0.25, -0.2) is 4.98 Å². The molecule has 0 aliphatic heterocycles. The highest BCUT2D eigenvalue weighted by atomic mass is 15.1. The third-order valence-electron chi connectivity index (χ3n) is 4.88. The maximum atomic E-state index is 9.55. The zero-order chi connectivity index (χ0) is 19.4. The standard InChI is InChI=1S/C24H29N3/c1-17(2)12-21-14-19(16-25)15-22(13-18(3)4)23(21)27-11-10-26-24(27)20-8-6-5-7-9-20/h5-8,10-11,14-15,17-18,20H,9,12-13H2,1-4H3. The molecule has 1 aliphatic rings. The van der Waals surface area contributed by atoms with Crippen molar-refractivity contribution in [2.75, 3.05) is 0 Å². The van der Waals surface area contributed by atoms with Crippen molar-refractivity contribution < 1.29 is 0 Å². The van der Waals surface area contributed by atoms with Crippen LogP contribution in [-0.4, -0.2) is 9.55 Å². The molecule has 0 saturated heterocycles. The van der Waals surface area contributed by atoms with Crippen LogP contribution >= 0.6 is 0 Å². The minimum atomic E-state index is 0.291. The highest BCUT2D eigenvalue weighted by Gasteiger charge is 2.21. The van der Waals surface area contributed by atoms with Crippen LogP contribution in [0.2, 0.25) is 0 Å². The molecule has 2 aromatic rings. The summed E-state index contributed by atoms with van der Waals surface area (Å²) in [5.74, 6) is 2.41. The van der Waals surface area contributed by atoms with E-state index in [0.29, 0.717) is 17.8 Å². The van der Waals surface area contributed by atoms with Gasteiger partial charge in [0.15, 0.2) is 0 Å². The largest absolute Gasteiger partial charge is 0.303 e. The third-order valence-corrected chi connectivity index (χ3v) is 4.88. The minimum absolute atomic E-state index is 0.291. The highest BCUT2D eigenvalue weighted by molar-refractivity contribution is 5.54. The van der Waals surface area contributed by atoms with Gasteiger partial charge in [-0.1, -0.05) is 52.0 Å². The molecule has 1 aromatic carbocycles. The van der Waals surface area contributed by atoms with Gasteiger partial charge in [-0.15, -0.1) is 0 Å². The van der Waals surface area contributed by atoms with Gasteiger partial charge in [-0.05, 0) is 54.4 Å². The summed E-state index contributed by atoms with van der Waals surface area (Å²) in [5.41, 5.74) is 4.47. The lowest BCUT2D eigenvalue weighted by Crippen LogP contribution is -2.13. The predicted molar refractivity (Wildman–Crippen MR) is 111 cm³/mol. The van der Waals surface area contributed by atoms with Gasteiger partial charge >= 0.3 is 0 Å². The number of allylic oxidation sites excluding steroid dienone is 4. The van der Waals surface area contributed by atoms with Gasteiger partial charge < -0.3 is 4.57 Å². The maximum Gasteiger partial charge on any atom is 0.120 e. The Morgan fingerprint density at radius 1 is 1.11 bits per heavy atom. The van der Waals surface area contributed by atoms with E-state index < -0.39 is 0 Å². The molecule has 3 heteroatoms. The van der Waals surface area contributed by atoms with E-state index in [1.165, 1.54) is 16.8 Å². The second kappa shape index (κ2) is 8.39. The molecular formula is C24H29N3. The van der Waals surface area contributed by atoms with Crippen LogP contribution in [0.1, 0.15) is 62.5 Å². The fourth-order valence-electron chi connectivity index (χ4n) is 3.88. The van der Waals surface area contributed by atoms with Crippen LogP contribution in [0.15, 0.2) is 48.8 Å². The average molecular weight is 360 g/mol. The molecule has 27 heavy (non-hydrogen) atoms. The van der Waals surface area contributed by atoms with E-state index in [-0.39, 0.29) is 0 Å². The van der Waals surface area contributed by atoms with E-state index in [2.05, 4.69) is 81.0 Å². The van der Waals surface area contributed by atoms with Crippen molar-refractivity contribution in [3.05, 3.63) is 71.3 Å². The molecule has 3 nitrogen and oxygen atoms in total. The third kappa shape index (κ3) is 4.39. The molecule has 1 aliphatic carbocycles. The van der Waals surface area contributed by atoms with Crippen LogP contribution in [0, 0.1) is 23.2 Å². The van der Waals surface area contributed by atoms with Crippen LogP contribution in [-0.2, 0) is 12.8 Å². The number of rotatable bonds is 6. The number of nitrogens with zero attached hydrogens (tertiary/aromatic N) is 3. The van der Waals surface area contributed by atoms with Crippen molar-refractivity contribution in [1.29, 1.82) is 5.26 Å². The maximum absolute atomic E-state index is 9.55. The summed E-state index contributed by atoms with van der Waals surface area (Å²) in [4.78, 5) is 4.71. The number of imidazole rings is 1. The molecule has 1 unspecified atom stereocenters. The van der Waals surface area contributed by atoms with Gasteiger partial charge in [0.2, 0.25) is 0 Å².